The number of ether oxygens (including phenoxy) is 1. The molecule has 1 amide bonds. The Kier molecular flexibility index (Phi) is 1.94. The first-order chi connectivity index (χ1) is 9.66. The first kappa shape index (κ1) is 11.3. The van der Waals surface area contributed by atoms with E-state index in [9.17, 15) is 9.90 Å². The van der Waals surface area contributed by atoms with Crippen LogP contribution >= 0.6 is 0 Å². The van der Waals surface area contributed by atoms with Gasteiger partial charge in [0.05, 0.1) is 18.1 Å². The third-order valence-electron chi connectivity index (χ3n) is 5.79. The summed E-state index contributed by atoms with van der Waals surface area (Å²) in [6.45, 7) is 2.03. The molecule has 4 aliphatic rings. The number of hydrogen-bond donors (Lipinski definition) is 1. The van der Waals surface area contributed by atoms with Gasteiger partial charge in [-0.05, 0) is 42.9 Å². The van der Waals surface area contributed by atoms with Gasteiger partial charge in [0, 0.05) is 11.6 Å². The number of nitrogens with zero attached hydrogens (tertiary/aromatic N) is 1. The summed E-state index contributed by atoms with van der Waals surface area (Å²) in [4.78, 5) is 14.6. The van der Waals surface area contributed by atoms with Crippen LogP contribution in [0.4, 0.5) is 5.69 Å². The van der Waals surface area contributed by atoms with Crippen LogP contribution in [0.5, 0.6) is 0 Å². The molecule has 7 atom stereocenters. The van der Waals surface area contributed by atoms with E-state index in [1.165, 1.54) is 0 Å². The Morgan fingerprint density at radius 3 is 3.00 bits per heavy atom. The number of aryl methyl sites for hydroxylation is 1. The van der Waals surface area contributed by atoms with Gasteiger partial charge < -0.3 is 9.84 Å². The number of benzene rings is 1. The molecular weight excluding hydrogens is 254 g/mol. The van der Waals surface area contributed by atoms with Crippen LogP contribution in [0.3, 0.4) is 0 Å². The number of aliphatic hydroxyl groups excluding tert-OH is 1. The van der Waals surface area contributed by atoms with Crippen LogP contribution in [0.25, 0.3) is 0 Å². The lowest BCUT2D eigenvalue weighted by molar-refractivity contribution is -0.128. The van der Waals surface area contributed by atoms with Crippen molar-refractivity contribution in [3.05, 3.63) is 29.8 Å². The molecule has 2 bridgehead atoms. The highest BCUT2D eigenvalue weighted by molar-refractivity contribution is 5.99. The van der Waals surface area contributed by atoms with Crippen molar-refractivity contribution in [1.82, 2.24) is 0 Å². The molecule has 2 saturated heterocycles. The number of rotatable bonds is 1. The van der Waals surface area contributed by atoms with Crippen molar-refractivity contribution in [1.29, 1.82) is 0 Å². The first-order valence-electron chi connectivity index (χ1n) is 7.40. The van der Waals surface area contributed by atoms with Gasteiger partial charge in [-0.25, -0.2) is 0 Å². The largest absolute Gasteiger partial charge is 0.390 e. The number of amides is 1. The van der Waals surface area contributed by atoms with Gasteiger partial charge in [-0.1, -0.05) is 12.1 Å². The van der Waals surface area contributed by atoms with Crippen molar-refractivity contribution in [2.45, 2.75) is 31.8 Å². The maximum atomic E-state index is 12.8. The zero-order valence-corrected chi connectivity index (χ0v) is 11.3. The molecule has 0 spiro atoms. The Balaban J connectivity index is 1.61. The van der Waals surface area contributed by atoms with Crippen LogP contribution in [-0.4, -0.2) is 29.4 Å². The molecule has 4 fully saturated rings. The fourth-order valence-electron chi connectivity index (χ4n) is 5.11. The minimum atomic E-state index is -0.435. The van der Waals surface area contributed by atoms with E-state index in [-0.39, 0.29) is 30.1 Å². The highest BCUT2D eigenvalue weighted by Gasteiger charge is 2.72. The molecule has 2 aliphatic heterocycles. The monoisotopic (exact) mass is 271 g/mol. The Labute approximate surface area is 117 Å². The first-order valence-corrected chi connectivity index (χ1v) is 7.40. The number of aliphatic hydroxyl groups is 1. The molecule has 4 heteroatoms. The molecule has 1 N–H and O–H groups in total. The summed E-state index contributed by atoms with van der Waals surface area (Å²) < 4.78 is 6.07. The van der Waals surface area contributed by atoms with E-state index < -0.39 is 6.10 Å². The van der Waals surface area contributed by atoms with E-state index in [4.69, 9.17) is 4.74 Å². The normalized spacial score (nSPS) is 47.6. The smallest absolute Gasteiger partial charge is 0.233 e. The Bertz CT molecular complexity index is 615. The zero-order chi connectivity index (χ0) is 13.6. The van der Waals surface area contributed by atoms with Gasteiger partial charge in [-0.15, -0.1) is 0 Å². The van der Waals surface area contributed by atoms with Gasteiger partial charge in [0.1, 0.15) is 6.23 Å². The topological polar surface area (TPSA) is 49.8 Å². The maximum absolute atomic E-state index is 12.8. The number of hydrogen-bond acceptors (Lipinski definition) is 3. The molecule has 5 rings (SSSR count). The summed E-state index contributed by atoms with van der Waals surface area (Å²) in [6.07, 6.45) is 0.318. The lowest BCUT2D eigenvalue weighted by atomic mass is 9.80. The minimum absolute atomic E-state index is 0.0285. The maximum Gasteiger partial charge on any atom is 0.233 e. The third kappa shape index (κ3) is 1.10. The van der Waals surface area contributed by atoms with E-state index in [0.29, 0.717) is 11.8 Å². The lowest BCUT2D eigenvalue weighted by Crippen LogP contribution is -2.43. The van der Waals surface area contributed by atoms with Gasteiger partial charge in [0.25, 0.3) is 0 Å². The fraction of sp³-hybridized carbons (Fsp3) is 0.562. The quantitative estimate of drug-likeness (QED) is 0.838. The molecule has 20 heavy (non-hydrogen) atoms. The average Bonchev–Trinajstić information content (AvgIpc) is 3.07. The third-order valence-corrected chi connectivity index (χ3v) is 5.79. The molecular formula is C16H17NO3. The second kappa shape index (κ2) is 3.43. The molecule has 0 radical (unpaired) electrons. The van der Waals surface area contributed by atoms with E-state index in [1.807, 2.05) is 36.1 Å². The molecule has 7 unspecified atom stereocenters. The van der Waals surface area contributed by atoms with E-state index >= 15 is 0 Å². The second-order valence-corrected chi connectivity index (χ2v) is 6.70. The molecule has 4 nitrogen and oxygen atoms in total. The Morgan fingerprint density at radius 1 is 1.35 bits per heavy atom. The Morgan fingerprint density at radius 2 is 2.20 bits per heavy atom. The summed E-state index contributed by atoms with van der Waals surface area (Å²) in [5.74, 6) is 0.905. The van der Waals surface area contributed by atoms with Crippen molar-refractivity contribution in [2.24, 2.45) is 23.7 Å². The van der Waals surface area contributed by atoms with Gasteiger partial charge in [-0.3, -0.25) is 9.69 Å². The zero-order valence-electron chi connectivity index (χ0n) is 11.3. The SMILES string of the molecule is Cc1cccc(N2C(=O)C3C4CC5C(OC2C53)C4O)c1. The number of carbonyl (C=O) groups is 1. The van der Waals surface area contributed by atoms with Crippen LogP contribution in [0, 0.1) is 30.6 Å². The number of fused-ring (bicyclic) bond motifs is 2. The highest BCUT2D eigenvalue weighted by atomic mass is 16.5. The predicted octanol–water partition coefficient (Wildman–Crippen LogP) is 1.31. The van der Waals surface area contributed by atoms with Gasteiger partial charge in [0.2, 0.25) is 5.91 Å². The van der Waals surface area contributed by atoms with Crippen LogP contribution < -0.4 is 4.90 Å². The van der Waals surface area contributed by atoms with Crippen molar-refractivity contribution in [3.63, 3.8) is 0 Å². The van der Waals surface area contributed by atoms with Crippen LogP contribution in [0.2, 0.25) is 0 Å². The lowest BCUT2D eigenvalue weighted by Gasteiger charge is -2.30. The molecule has 104 valence electrons. The van der Waals surface area contributed by atoms with E-state index in [1.54, 1.807) is 0 Å². The predicted molar refractivity (Wildman–Crippen MR) is 71.9 cm³/mol. The molecule has 0 aromatic heterocycles. The van der Waals surface area contributed by atoms with Crippen LogP contribution in [0.15, 0.2) is 24.3 Å². The van der Waals surface area contributed by atoms with Crippen molar-refractivity contribution < 1.29 is 14.6 Å². The van der Waals surface area contributed by atoms with Gasteiger partial charge in [0.15, 0.2) is 0 Å². The number of carbonyl (C=O) groups excluding carboxylic acids is 1. The summed E-state index contributed by atoms with van der Waals surface area (Å²) in [5.41, 5.74) is 2.08. The molecule has 2 saturated carbocycles. The van der Waals surface area contributed by atoms with E-state index in [2.05, 4.69) is 0 Å². The fourth-order valence-corrected chi connectivity index (χ4v) is 5.11. The van der Waals surface area contributed by atoms with Gasteiger partial charge in [-0.2, -0.15) is 0 Å². The summed E-state index contributed by atoms with van der Waals surface area (Å²) in [6, 6.07) is 8.03. The van der Waals surface area contributed by atoms with E-state index in [0.717, 1.165) is 17.7 Å². The van der Waals surface area contributed by atoms with Crippen molar-refractivity contribution >= 4 is 11.6 Å². The Hall–Kier alpha value is -1.39. The average molecular weight is 271 g/mol. The van der Waals surface area contributed by atoms with Crippen LogP contribution in [-0.2, 0) is 9.53 Å². The van der Waals surface area contributed by atoms with Crippen molar-refractivity contribution in [2.75, 3.05) is 4.90 Å². The van der Waals surface area contributed by atoms with Gasteiger partial charge >= 0.3 is 0 Å². The van der Waals surface area contributed by atoms with Crippen LogP contribution in [0.1, 0.15) is 12.0 Å². The molecule has 1 aromatic carbocycles. The standard InChI is InChI=1S/C16H17NO3/c1-7-3-2-4-8(5-7)17-15(19)11-9-6-10-12(11)16(17)20-14(10)13(9)18/h2-5,9-14,16,18H,6H2,1H3. The summed E-state index contributed by atoms with van der Waals surface area (Å²) in [7, 11) is 0. The second-order valence-electron chi connectivity index (χ2n) is 6.70. The summed E-state index contributed by atoms with van der Waals surface area (Å²) >= 11 is 0. The molecule has 1 aromatic rings. The highest BCUT2D eigenvalue weighted by Crippen LogP contribution is 2.63. The molecule has 2 heterocycles. The summed E-state index contributed by atoms with van der Waals surface area (Å²) in [5, 5.41) is 10.3. The van der Waals surface area contributed by atoms with Crippen molar-refractivity contribution in [3.8, 4) is 0 Å². The number of anilines is 1. The minimum Gasteiger partial charge on any atom is -0.390 e. The molecule has 2 aliphatic carbocycles.